The van der Waals surface area contributed by atoms with Crippen molar-refractivity contribution >= 4 is 28.6 Å². The summed E-state index contributed by atoms with van der Waals surface area (Å²) >= 11 is 1.94. The van der Waals surface area contributed by atoms with Crippen molar-refractivity contribution < 1.29 is 0 Å². The average Bonchev–Trinajstić information content (AvgIpc) is 3.02. The molecule has 0 atom stereocenters. The van der Waals surface area contributed by atoms with Crippen LogP contribution in [0.15, 0.2) is 41.4 Å². The van der Waals surface area contributed by atoms with Crippen molar-refractivity contribution in [3.63, 3.8) is 0 Å². The lowest BCUT2D eigenvalue weighted by Gasteiger charge is -2.10. The smallest absolute Gasteiger partial charge is 0.151 e. The number of imidazole rings is 1. The number of unbranched alkanes of at least 4 members (excludes halogenated alkanes) is 2. The molecule has 0 aliphatic heterocycles. The summed E-state index contributed by atoms with van der Waals surface area (Å²) in [5, 5.41) is 0. The second-order valence-corrected chi connectivity index (χ2v) is 7.45. The van der Waals surface area contributed by atoms with Gasteiger partial charge in [-0.05, 0) is 43.2 Å². The molecule has 0 radical (unpaired) electrons. The summed E-state index contributed by atoms with van der Waals surface area (Å²) in [4.78, 5) is 10.3. The van der Waals surface area contributed by atoms with E-state index in [-0.39, 0.29) is 0 Å². The molecule has 0 aliphatic rings. The minimum Gasteiger partial charge on any atom is -0.382 e. The number of aromatic nitrogens is 3. The minimum atomic E-state index is 0.535. The van der Waals surface area contributed by atoms with Crippen LogP contribution in [0, 0.1) is 6.92 Å². The van der Waals surface area contributed by atoms with Crippen molar-refractivity contribution in [2.24, 2.45) is 0 Å². The van der Waals surface area contributed by atoms with Gasteiger partial charge in [0.15, 0.2) is 5.82 Å². The molecule has 2 N–H and O–H groups in total. The van der Waals surface area contributed by atoms with Gasteiger partial charge in [-0.15, -0.1) is 11.8 Å². The van der Waals surface area contributed by atoms with Gasteiger partial charge in [0.25, 0.3) is 0 Å². The van der Waals surface area contributed by atoms with Gasteiger partial charge >= 0.3 is 0 Å². The highest BCUT2D eigenvalue weighted by molar-refractivity contribution is 7.99. The molecular weight excluding hydrogens is 328 g/mol. The van der Waals surface area contributed by atoms with E-state index in [1.165, 1.54) is 23.5 Å². The average molecular weight is 355 g/mol. The van der Waals surface area contributed by atoms with E-state index in [0.29, 0.717) is 5.82 Å². The minimum absolute atomic E-state index is 0.535. The first-order valence-electron chi connectivity index (χ1n) is 8.98. The number of hydrogen-bond donors (Lipinski definition) is 1. The molecule has 3 rings (SSSR count). The summed E-state index contributed by atoms with van der Waals surface area (Å²) in [6.45, 7) is 5.23. The molecule has 0 saturated carbocycles. The van der Waals surface area contributed by atoms with Crippen molar-refractivity contribution in [2.45, 2.75) is 51.0 Å². The van der Waals surface area contributed by atoms with Gasteiger partial charge < -0.3 is 10.3 Å². The third-order valence-electron chi connectivity index (χ3n) is 4.41. The Morgan fingerprint density at radius 1 is 1.12 bits per heavy atom. The van der Waals surface area contributed by atoms with Gasteiger partial charge in [-0.25, -0.2) is 9.97 Å². The van der Waals surface area contributed by atoms with Crippen molar-refractivity contribution in [3.8, 4) is 0 Å². The zero-order valence-electron chi connectivity index (χ0n) is 15.0. The summed E-state index contributed by atoms with van der Waals surface area (Å²) in [6, 6.07) is 10.6. The van der Waals surface area contributed by atoms with Crippen LogP contribution in [-0.4, -0.2) is 20.3 Å². The fraction of sp³-hybridized carbons (Fsp3) is 0.400. The Labute approximate surface area is 153 Å². The van der Waals surface area contributed by atoms with Crippen molar-refractivity contribution in [2.75, 3.05) is 11.5 Å². The number of nitrogens with two attached hydrogens (primary N) is 1. The first-order valence-corrected chi connectivity index (χ1v) is 9.97. The summed E-state index contributed by atoms with van der Waals surface area (Å²) in [5.74, 6) is 2.82. The maximum atomic E-state index is 6.02. The Balaban J connectivity index is 1.57. The molecular formula is C20H26N4S. The van der Waals surface area contributed by atoms with E-state index < -0.39 is 0 Å². The highest BCUT2D eigenvalue weighted by Crippen LogP contribution is 2.25. The standard InChI is InChI=1S/C20H26N4S/c1-3-17-23-18-19(15(2)14-22-20(18)21)24(17)12-8-5-9-13-25-16-10-6-4-7-11-16/h4,6-7,10-11,14H,3,5,8-9,12-13H2,1-2H3,(H2,21,22). The quantitative estimate of drug-likeness (QED) is 0.464. The largest absolute Gasteiger partial charge is 0.382 e. The van der Waals surface area contributed by atoms with Crippen LogP contribution in [0.4, 0.5) is 5.82 Å². The molecule has 2 heterocycles. The van der Waals surface area contributed by atoms with Crippen LogP contribution in [0.3, 0.4) is 0 Å². The number of anilines is 1. The highest BCUT2D eigenvalue weighted by Gasteiger charge is 2.14. The lowest BCUT2D eigenvalue weighted by Crippen LogP contribution is -2.04. The van der Waals surface area contributed by atoms with Gasteiger partial charge in [-0.3, -0.25) is 0 Å². The van der Waals surface area contributed by atoms with Gasteiger partial charge in [0.1, 0.15) is 11.3 Å². The van der Waals surface area contributed by atoms with Crippen LogP contribution in [0.2, 0.25) is 0 Å². The molecule has 0 spiro atoms. The number of hydrogen-bond acceptors (Lipinski definition) is 4. The molecule has 0 aliphatic carbocycles. The number of pyridine rings is 1. The number of rotatable bonds is 8. The van der Waals surface area contributed by atoms with E-state index in [2.05, 4.69) is 53.7 Å². The Morgan fingerprint density at radius 2 is 1.92 bits per heavy atom. The molecule has 25 heavy (non-hydrogen) atoms. The predicted molar refractivity (Wildman–Crippen MR) is 107 cm³/mol. The summed E-state index contributed by atoms with van der Waals surface area (Å²) in [6.07, 6.45) is 6.39. The van der Waals surface area contributed by atoms with Crippen molar-refractivity contribution in [1.29, 1.82) is 0 Å². The zero-order chi connectivity index (χ0) is 17.6. The second kappa shape index (κ2) is 8.39. The number of nitrogens with zero attached hydrogens (tertiary/aromatic N) is 3. The van der Waals surface area contributed by atoms with Crippen molar-refractivity contribution in [3.05, 3.63) is 47.9 Å². The Morgan fingerprint density at radius 3 is 2.68 bits per heavy atom. The highest BCUT2D eigenvalue weighted by atomic mass is 32.2. The van der Waals surface area contributed by atoms with E-state index in [0.717, 1.165) is 41.8 Å². The normalized spacial score (nSPS) is 11.3. The monoisotopic (exact) mass is 354 g/mol. The molecule has 4 nitrogen and oxygen atoms in total. The molecule has 1 aromatic carbocycles. The van der Waals surface area contributed by atoms with Crippen LogP contribution in [0.5, 0.6) is 0 Å². The number of fused-ring (bicyclic) bond motifs is 1. The molecule has 132 valence electrons. The van der Waals surface area contributed by atoms with Crippen LogP contribution in [0.25, 0.3) is 11.0 Å². The van der Waals surface area contributed by atoms with Crippen molar-refractivity contribution in [1.82, 2.24) is 14.5 Å². The number of nitrogen functional groups attached to an aromatic ring is 1. The lowest BCUT2D eigenvalue weighted by atomic mass is 10.2. The molecule has 0 amide bonds. The predicted octanol–water partition coefficient (Wildman–Crippen LogP) is 4.85. The molecule has 0 saturated heterocycles. The number of benzene rings is 1. The van der Waals surface area contributed by atoms with E-state index in [1.807, 2.05) is 18.0 Å². The third-order valence-corrected chi connectivity index (χ3v) is 5.51. The van der Waals surface area contributed by atoms with Gasteiger partial charge in [0.2, 0.25) is 0 Å². The van der Waals surface area contributed by atoms with Gasteiger partial charge in [-0.1, -0.05) is 31.5 Å². The van der Waals surface area contributed by atoms with Crippen LogP contribution in [-0.2, 0) is 13.0 Å². The summed E-state index contributed by atoms with van der Waals surface area (Å²) < 4.78 is 2.34. The first kappa shape index (κ1) is 17.8. The zero-order valence-corrected chi connectivity index (χ0v) is 15.9. The summed E-state index contributed by atoms with van der Waals surface area (Å²) in [7, 11) is 0. The van der Waals surface area contributed by atoms with E-state index in [1.54, 1.807) is 0 Å². The van der Waals surface area contributed by atoms with E-state index >= 15 is 0 Å². The topological polar surface area (TPSA) is 56.7 Å². The van der Waals surface area contributed by atoms with Gasteiger partial charge in [0, 0.05) is 24.1 Å². The van der Waals surface area contributed by atoms with Crippen LogP contribution >= 0.6 is 11.8 Å². The van der Waals surface area contributed by atoms with Gasteiger partial charge in [-0.2, -0.15) is 0 Å². The molecule has 0 unspecified atom stereocenters. The fourth-order valence-electron chi connectivity index (χ4n) is 3.13. The Hall–Kier alpha value is -2.01. The number of aryl methyl sites for hydroxylation is 3. The Kier molecular flexibility index (Phi) is 5.97. The molecule has 0 fully saturated rings. The van der Waals surface area contributed by atoms with Crippen LogP contribution in [0.1, 0.15) is 37.6 Å². The summed E-state index contributed by atoms with van der Waals surface area (Å²) in [5.41, 5.74) is 9.18. The maximum Gasteiger partial charge on any atom is 0.151 e. The van der Waals surface area contributed by atoms with Gasteiger partial charge in [0.05, 0.1) is 5.52 Å². The lowest BCUT2D eigenvalue weighted by molar-refractivity contribution is 0.595. The SMILES string of the molecule is CCc1nc2c(N)ncc(C)c2n1CCCCCSc1ccccc1. The van der Waals surface area contributed by atoms with E-state index in [9.17, 15) is 0 Å². The second-order valence-electron chi connectivity index (χ2n) is 6.28. The molecule has 5 heteroatoms. The molecule has 2 aromatic heterocycles. The fourth-order valence-corrected chi connectivity index (χ4v) is 4.07. The van der Waals surface area contributed by atoms with E-state index in [4.69, 9.17) is 10.7 Å². The molecule has 3 aromatic rings. The Bertz CT molecular complexity index is 827. The first-order chi connectivity index (χ1) is 12.2. The molecule has 0 bridgehead atoms. The number of thioether (sulfide) groups is 1. The maximum absolute atomic E-state index is 6.02. The third kappa shape index (κ3) is 4.15. The van der Waals surface area contributed by atoms with Crippen LogP contribution < -0.4 is 5.73 Å².